The van der Waals surface area contributed by atoms with Crippen molar-refractivity contribution in [2.75, 3.05) is 7.11 Å². The van der Waals surface area contributed by atoms with Crippen LogP contribution in [-0.4, -0.2) is 36.2 Å². The minimum Gasteiger partial charge on any atom is -0.480 e. The lowest BCUT2D eigenvalue weighted by atomic mass is 10.2. The fourth-order valence-electron chi connectivity index (χ4n) is 0.735. The van der Waals surface area contributed by atoms with E-state index in [0.29, 0.717) is 6.42 Å². The van der Waals surface area contributed by atoms with Crippen LogP contribution < -0.4 is 5.32 Å². The Labute approximate surface area is 77.1 Å². The lowest BCUT2D eigenvalue weighted by Gasteiger charge is -2.15. The molecular weight excluding hydrogens is 174 g/mol. The molecule has 0 rings (SSSR count). The number of hydrogen-bond donors (Lipinski definition) is 2. The highest BCUT2D eigenvalue weighted by Crippen LogP contribution is 1.94. The second kappa shape index (κ2) is 5.53. The summed E-state index contributed by atoms with van der Waals surface area (Å²) < 4.78 is 4.73. The van der Waals surface area contributed by atoms with E-state index in [-0.39, 0.29) is 0 Å². The fourth-order valence-corrected chi connectivity index (χ4v) is 0.735. The number of aliphatic carboxylic acids is 1. The molecule has 0 bridgehead atoms. The van der Waals surface area contributed by atoms with E-state index >= 15 is 0 Å². The van der Waals surface area contributed by atoms with Gasteiger partial charge in [-0.2, -0.15) is 0 Å². The van der Waals surface area contributed by atoms with Gasteiger partial charge in [0.05, 0.1) is 0 Å². The summed E-state index contributed by atoms with van der Waals surface area (Å²) in [7, 11) is 1.39. The maximum atomic E-state index is 11.1. The van der Waals surface area contributed by atoms with Crippen molar-refractivity contribution in [2.45, 2.75) is 32.4 Å². The molecule has 13 heavy (non-hydrogen) atoms. The molecule has 2 N–H and O–H groups in total. The highest BCUT2D eigenvalue weighted by Gasteiger charge is 2.20. The van der Waals surface area contributed by atoms with Crippen LogP contribution in [0.25, 0.3) is 0 Å². The van der Waals surface area contributed by atoms with Gasteiger partial charge in [-0.25, -0.2) is 4.79 Å². The Bertz CT molecular complexity index is 193. The lowest BCUT2D eigenvalue weighted by molar-refractivity contribution is -0.143. The number of carbonyl (C=O) groups excluding carboxylic acids is 1. The minimum absolute atomic E-state index is 0.359. The molecule has 0 spiro atoms. The fraction of sp³-hybridized carbons (Fsp3) is 0.750. The van der Waals surface area contributed by atoms with Crippen molar-refractivity contribution < 1.29 is 19.4 Å². The molecule has 0 fully saturated rings. The van der Waals surface area contributed by atoms with Gasteiger partial charge in [-0.15, -0.1) is 0 Å². The SMILES string of the molecule is CCC(NC(=O)C(C)OC)C(=O)O. The Kier molecular flexibility index (Phi) is 5.06. The smallest absolute Gasteiger partial charge is 0.326 e. The molecule has 2 atom stereocenters. The summed E-state index contributed by atoms with van der Waals surface area (Å²) in [5.74, 6) is -1.43. The molecule has 5 nitrogen and oxygen atoms in total. The maximum Gasteiger partial charge on any atom is 0.326 e. The van der Waals surface area contributed by atoms with Crippen molar-refractivity contribution in [1.29, 1.82) is 0 Å². The summed E-state index contributed by atoms with van der Waals surface area (Å²) in [4.78, 5) is 21.7. The predicted octanol–water partition coefficient (Wildman–Crippen LogP) is 0.000700. The monoisotopic (exact) mass is 189 g/mol. The van der Waals surface area contributed by atoms with Gasteiger partial charge in [0.25, 0.3) is 0 Å². The topological polar surface area (TPSA) is 75.6 Å². The summed E-state index contributed by atoms with van der Waals surface area (Å²) in [5.41, 5.74) is 0. The third kappa shape index (κ3) is 3.89. The third-order valence-corrected chi connectivity index (χ3v) is 1.75. The molecule has 0 aliphatic carbocycles. The summed E-state index contributed by atoms with van der Waals surface area (Å²) in [6.45, 7) is 3.25. The summed E-state index contributed by atoms with van der Waals surface area (Å²) in [5, 5.41) is 11.0. The zero-order valence-corrected chi connectivity index (χ0v) is 8.03. The standard InChI is InChI=1S/C8H15NO4/c1-4-6(8(11)12)9-7(10)5(2)13-3/h5-6H,4H2,1-3H3,(H,9,10)(H,11,12). The summed E-state index contributed by atoms with van der Waals surface area (Å²) in [6.07, 6.45) is -0.259. The molecule has 76 valence electrons. The number of hydrogen-bond acceptors (Lipinski definition) is 3. The van der Waals surface area contributed by atoms with Gasteiger partial charge in [-0.3, -0.25) is 4.79 Å². The third-order valence-electron chi connectivity index (χ3n) is 1.75. The van der Waals surface area contributed by atoms with E-state index in [1.807, 2.05) is 0 Å². The molecular formula is C8H15NO4. The van der Waals surface area contributed by atoms with Gasteiger partial charge in [0.2, 0.25) is 5.91 Å². The Morgan fingerprint density at radius 3 is 2.38 bits per heavy atom. The van der Waals surface area contributed by atoms with Gasteiger partial charge in [-0.1, -0.05) is 6.92 Å². The average Bonchev–Trinajstić information content (AvgIpc) is 2.11. The van der Waals surface area contributed by atoms with Crippen LogP contribution in [0.2, 0.25) is 0 Å². The Hall–Kier alpha value is -1.10. The highest BCUT2D eigenvalue weighted by molar-refractivity contribution is 5.85. The zero-order valence-electron chi connectivity index (χ0n) is 8.03. The van der Waals surface area contributed by atoms with Gasteiger partial charge >= 0.3 is 5.97 Å². The van der Waals surface area contributed by atoms with E-state index in [2.05, 4.69) is 5.32 Å². The zero-order chi connectivity index (χ0) is 10.4. The highest BCUT2D eigenvalue weighted by atomic mass is 16.5. The molecule has 0 saturated carbocycles. The average molecular weight is 189 g/mol. The van der Waals surface area contributed by atoms with Gasteiger partial charge < -0.3 is 15.2 Å². The Balaban J connectivity index is 4.09. The maximum absolute atomic E-state index is 11.1. The number of nitrogens with one attached hydrogen (secondary N) is 1. The molecule has 0 saturated heterocycles. The van der Waals surface area contributed by atoms with E-state index in [4.69, 9.17) is 9.84 Å². The number of amides is 1. The first kappa shape index (κ1) is 11.9. The normalized spacial score (nSPS) is 14.7. The van der Waals surface area contributed by atoms with Crippen LogP contribution >= 0.6 is 0 Å². The number of methoxy groups -OCH3 is 1. The molecule has 0 aliphatic heterocycles. The summed E-state index contributed by atoms with van der Waals surface area (Å²) >= 11 is 0. The van der Waals surface area contributed by atoms with Crippen LogP contribution in [0.15, 0.2) is 0 Å². The lowest BCUT2D eigenvalue weighted by Crippen LogP contribution is -2.44. The van der Waals surface area contributed by atoms with E-state index in [1.54, 1.807) is 13.8 Å². The van der Waals surface area contributed by atoms with E-state index in [1.165, 1.54) is 7.11 Å². The second-order valence-corrected chi connectivity index (χ2v) is 2.69. The molecule has 0 radical (unpaired) electrons. The Morgan fingerprint density at radius 2 is 2.08 bits per heavy atom. The van der Waals surface area contributed by atoms with Crippen LogP contribution in [0.1, 0.15) is 20.3 Å². The van der Waals surface area contributed by atoms with Gasteiger partial charge in [0.15, 0.2) is 0 Å². The number of ether oxygens (including phenoxy) is 1. The van der Waals surface area contributed by atoms with Gasteiger partial charge in [0, 0.05) is 7.11 Å². The van der Waals surface area contributed by atoms with Crippen LogP contribution in [0, 0.1) is 0 Å². The summed E-state index contributed by atoms with van der Waals surface area (Å²) in [6, 6.07) is -0.829. The second-order valence-electron chi connectivity index (χ2n) is 2.69. The number of rotatable bonds is 5. The number of carbonyl (C=O) groups is 2. The van der Waals surface area contributed by atoms with Crippen LogP contribution in [0.5, 0.6) is 0 Å². The molecule has 2 unspecified atom stereocenters. The van der Waals surface area contributed by atoms with Crippen LogP contribution in [0.4, 0.5) is 0 Å². The number of carboxylic acids is 1. The molecule has 0 aromatic carbocycles. The van der Waals surface area contributed by atoms with Crippen LogP contribution in [-0.2, 0) is 14.3 Å². The van der Waals surface area contributed by atoms with Crippen molar-refractivity contribution in [3.05, 3.63) is 0 Å². The van der Waals surface area contributed by atoms with E-state index < -0.39 is 24.0 Å². The molecule has 1 amide bonds. The predicted molar refractivity (Wildman–Crippen MR) is 46.3 cm³/mol. The van der Waals surface area contributed by atoms with Gasteiger partial charge in [-0.05, 0) is 13.3 Å². The van der Waals surface area contributed by atoms with Crippen molar-refractivity contribution >= 4 is 11.9 Å². The van der Waals surface area contributed by atoms with Crippen molar-refractivity contribution in [1.82, 2.24) is 5.32 Å². The first-order chi connectivity index (χ1) is 6.02. The first-order valence-electron chi connectivity index (χ1n) is 4.08. The number of carboxylic acid groups (broad SMARTS) is 1. The largest absolute Gasteiger partial charge is 0.480 e. The molecule has 5 heteroatoms. The molecule has 0 aliphatic rings. The van der Waals surface area contributed by atoms with E-state index in [9.17, 15) is 9.59 Å². The first-order valence-corrected chi connectivity index (χ1v) is 4.08. The minimum atomic E-state index is -1.03. The van der Waals surface area contributed by atoms with Gasteiger partial charge in [0.1, 0.15) is 12.1 Å². The molecule has 0 aromatic heterocycles. The van der Waals surface area contributed by atoms with E-state index in [0.717, 1.165) is 0 Å². The molecule has 0 aromatic rings. The van der Waals surface area contributed by atoms with Crippen LogP contribution in [0.3, 0.4) is 0 Å². The quantitative estimate of drug-likeness (QED) is 0.638. The Morgan fingerprint density at radius 1 is 1.54 bits per heavy atom. The van der Waals surface area contributed by atoms with Crippen molar-refractivity contribution in [3.8, 4) is 0 Å². The van der Waals surface area contributed by atoms with Crippen molar-refractivity contribution in [3.63, 3.8) is 0 Å². The van der Waals surface area contributed by atoms with Crippen molar-refractivity contribution in [2.24, 2.45) is 0 Å². The molecule has 0 heterocycles.